The summed E-state index contributed by atoms with van der Waals surface area (Å²) in [6, 6.07) is 0. The molecule has 0 spiro atoms. The Kier molecular flexibility index (Phi) is 20.7. The number of rotatable bonds is 0. The second-order valence-electron chi connectivity index (χ2n) is 0.167. The molecule has 0 aliphatic heterocycles. The van der Waals surface area contributed by atoms with E-state index in [1.807, 2.05) is 0 Å². The smallest absolute Gasteiger partial charge is 0 e. The van der Waals surface area contributed by atoms with Gasteiger partial charge in [0.2, 0.25) is 0 Å². The topological polar surface area (TPSA) is 0 Å². The molecule has 4 heavy (non-hydrogen) atoms. The Morgan fingerprint density at radius 3 is 1.25 bits per heavy atom. The zero-order valence-corrected chi connectivity index (χ0v) is 6.94. The molecular formula is H5P3Rh. The van der Waals surface area contributed by atoms with Gasteiger partial charge in [0.05, 0.1) is 0 Å². The molecule has 0 aromatic heterocycles. The summed E-state index contributed by atoms with van der Waals surface area (Å²) in [5.74, 6) is 0. The molecule has 0 saturated carbocycles. The minimum atomic E-state index is 0. The molecule has 0 fully saturated rings. The van der Waals surface area contributed by atoms with Gasteiger partial charge in [-0.05, 0) is 0 Å². The fourth-order valence-electron chi connectivity index (χ4n) is 0. The van der Waals surface area contributed by atoms with Crippen molar-refractivity contribution in [1.29, 1.82) is 0 Å². The third kappa shape index (κ3) is 9.07. The fraction of sp³-hybridized carbons (Fsp3) is 0. The zero-order chi connectivity index (χ0) is 2.71. The Hall–Kier alpha value is 1.91. The van der Waals surface area contributed by atoms with Crippen molar-refractivity contribution in [3.8, 4) is 0 Å². The molecule has 0 rings (SSSR count). The molecule has 0 aromatic rings. The van der Waals surface area contributed by atoms with E-state index < -0.39 is 0 Å². The molecule has 0 aromatic carbocycles. The molecule has 0 amide bonds. The van der Waals surface area contributed by atoms with E-state index in [-0.39, 0.29) is 19.5 Å². The largest absolute Gasteiger partial charge is 0.110 e. The predicted octanol–water partition coefficient (Wildman–Crippen LogP) is 1.24. The standard InChI is InChI=1S/H5P3.Rh/c1-3-2;/h3H,1-2H2;. The predicted molar refractivity (Wildman–Crippen MR) is 27.7 cm³/mol. The van der Waals surface area contributed by atoms with Crippen LogP contribution in [-0.2, 0) is 19.5 Å². The molecule has 0 saturated heterocycles. The molecule has 0 bridgehead atoms. The Labute approximate surface area is 45.6 Å². The van der Waals surface area contributed by atoms with Gasteiger partial charge >= 0.3 is 0 Å². The monoisotopic (exact) mass is 201 g/mol. The quantitative estimate of drug-likeness (QED) is 0.408. The van der Waals surface area contributed by atoms with Gasteiger partial charge in [-0.3, -0.25) is 0 Å². The normalized spacial score (nSPS) is 4.50. The Balaban J connectivity index is 0. The van der Waals surface area contributed by atoms with E-state index in [1.54, 1.807) is 0 Å². The summed E-state index contributed by atoms with van der Waals surface area (Å²) < 4.78 is 0. The van der Waals surface area contributed by atoms with Gasteiger partial charge in [0.25, 0.3) is 0 Å². The van der Waals surface area contributed by atoms with Crippen molar-refractivity contribution in [3.05, 3.63) is 0 Å². The van der Waals surface area contributed by atoms with Crippen molar-refractivity contribution >= 4 is 25.8 Å². The zero-order valence-electron chi connectivity index (χ0n) is 1.99. The summed E-state index contributed by atoms with van der Waals surface area (Å²) in [5.41, 5.74) is 0. The van der Waals surface area contributed by atoms with Gasteiger partial charge in [0.15, 0.2) is 0 Å². The molecule has 2 atom stereocenters. The van der Waals surface area contributed by atoms with E-state index in [0.717, 1.165) is 7.96 Å². The summed E-state index contributed by atoms with van der Waals surface area (Å²) in [4.78, 5) is 0. The van der Waals surface area contributed by atoms with Crippen molar-refractivity contribution < 1.29 is 19.5 Å². The van der Waals surface area contributed by atoms with Gasteiger partial charge in [-0.2, -0.15) is 0 Å². The molecule has 1 radical (unpaired) electrons. The second-order valence-corrected chi connectivity index (χ2v) is 4.50. The number of hydrogen-bond donors (Lipinski definition) is 0. The summed E-state index contributed by atoms with van der Waals surface area (Å²) in [7, 11) is 6.06. The maximum atomic E-state index is 2.57. The maximum absolute atomic E-state index is 2.57. The first kappa shape index (κ1) is 9.32. The fourth-order valence-corrected chi connectivity index (χ4v) is 0. The Morgan fingerprint density at radius 2 is 1.25 bits per heavy atom. The van der Waals surface area contributed by atoms with E-state index in [9.17, 15) is 0 Å². The molecule has 29 valence electrons. The number of hydrogen-bond acceptors (Lipinski definition) is 0. The minimum Gasteiger partial charge on any atom is -0.110 e. The van der Waals surface area contributed by atoms with Crippen LogP contribution < -0.4 is 0 Å². The van der Waals surface area contributed by atoms with Crippen molar-refractivity contribution in [2.24, 2.45) is 0 Å². The van der Waals surface area contributed by atoms with Crippen LogP contribution in [0, 0.1) is 0 Å². The summed E-state index contributed by atoms with van der Waals surface area (Å²) >= 11 is 0. The van der Waals surface area contributed by atoms with Crippen molar-refractivity contribution in [3.63, 3.8) is 0 Å². The molecule has 4 heteroatoms. The molecule has 0 aliphatic carbocycles. The average Bonchev–Trinajstić information content (AvgIpc) is 0.918. The molecule has 0 heterocycles. The Morgan fingerprint density at radius 1 is 1.25 bits per heavy atom. The van der Waals surface area contributed by atoms with E-state index >= 15 is 0 Å². The van der Waals surface area contributed by atoms with Crippen LogP contribution in [0.15, 0.2) is 0 Å². The van der Waals surface area contributed by atoms with Crippen LogP contribution in [-0.4, -0.2) is 0 Å². The van der Waals surface area contributed by atoms with Gasteiger partial charge < -0.3 is 0 Å². The van der Waals surface area contributed by atoms with E-state index in [4.69, 9.17) is 0 Å². The minimum absolute atomic E-state index is 0. The average molecular weight is 201 g/mol. The van der Waals surface area contributed by atoms with Gasteiger partial charge in [-0.15, -0.1) is 17.9 Å². The third-order valence-corrected chi connectivity index (χ3v) is 0. The van der Waals surface area contributed by atoms with E-state index in [2.05, 4.69) is 17.9 Å². The third-order valence-electron chi connectivity index (χ3n) is 0. The first-order valence-electron chi connectivity index (χ1n) is 0.577. The van der Waals surface area contributed by atoms with Gasteiger partial charge in [0.1, 0.15) is 0 Å². The molecule has 0 aliphatic rings. The second kappa shape index (κ2) is 8.87. The van der Waals surface area contributed by atoms with Crippen LogP contribution in [0.2, 0.25) is 0 Å². The van der Waals surface area contributed by atoms with Crippen LogP contribution in [0.1, 0.15) is 0 Å². The van der Waals surface area contributed by atoms with Gasteiger partial charge in [-0.25, -0.2) is 0 Å². The van der Waals surface area contributed by atoms with E-state index in [0.29, 0.717) is 0 Å². The molecule has 0 nitrogen and oxygen atoms in total. The van der Waals surface area contributed by atoms with Crippen molar-refractivity contribution in [2.45, 2.75) is 0 Å². The molecule has 2 unspecified atom stereocenters. The summed E-state index contributed by atoms with van der Waals surface area (Å²) in [6.07, 6.45) is 0. The molecule has 0 N–H and O–H groups in total. The summed E-state index contributed by atoms with van der Waals surface area (Å²) in [6.45, 7) is 0. The van der Waals surface area contributed by atoms with Crippen LogP contribution in [0.4, 0.5) is 0 Å². The van der Waals surface area contributed by atoms with Gasteiger partial charge in [-0.1, -0.05) is 7.96 Å². The van der Waals surface area contributed by atoms with Crippen LogP contribution in [0.3, 0.4) is 0 Å². The maximum Gasteiger partial charge on any atom is 0 e. The van der Waals surface area contributed by atoms with Crippen molar-refractivity contribution in [1.82, 2.24) is 0 Å². The van der Waals surface area contributed by atoms with Gasteiger partial charge in [0, 0.05) is 19.5 Å². The van der Waals surface area contributed by atoms with Crippen LogP contribution in [0.25, 0.3) is 0 Å². The molecular weight excluding hydrogens is 196 g/mol. The van der Waals surface area contributed by atoms with Crippen LogP contribution in [0.5, 0.6) is 0 Å². The Bertz CT molecular complexity index is 3.25. The SMILES string of the molecule is PPP.[Rh]. The first-order chi connectivity index (χ1) is 1.41. The summed E-state index contributed by atoms with van der Waals surface area (Å²) in [5, 5.41) is 0. The first-order valence-corrected chi connectivity index (χ1v) is 5.20. The van der Waals surface area contributed by atoms with E-state index in [1.165, 1.54) is 0 Å². The van der Waals surface area contributed by atoms with Crippen LogP contribution >= 0.6 is 25.8 Å². The van der Waals surface area contributed by atoms with Crippen molar-refractivity contribution in [2.75, 3.05) is 0 Å².